The van der Waals surface area contributed by atoms with Gasteiger partial charge in [-0.25, -0.2) is 0 Å². The van der Waals surface area contributed by atoms with Crippen LogP contribution in [0.5, 0.6) is 5.75 Å². The Kier molecular flexibility index (Phi) is 3.11. The molecule has 0 saturated heterocycles. The molecule has 2 rings (SSSR count). The molecule has 4 N–H and O–H groups in total. The highest BCUT2D eigenvalue weighted by Crippen LogP contribution is 2.28. The molecule has 0 bridgehead atoms. The Morgan fingerprint density at radius 2 is 2.33 bits per heavy atom. The number of hydrogen-bond acceptors (Lipinski definition) is 3. The second-order valence-electron chi connectivity index (χ2n) is 4.20. The molecule has 0 saturated carbocycles. The summed E-state index contributed by atoms with van der Waals surface area (Å²) in [5.41, 5.74) is 7.96. The third kappa shape index (κ3) is 2.42. The van der Waals surface area contributed by atoms with Gasteiger partial charge in [-0.3, -0.25) is 0 Å². The lowest BCUT2D eigenvalue weighted by Crippen LogP contribution is -2.12. The molecule has 1 aliphatic rings. The first-order chi connectivity index (χ1) is 7.29. The minimum absolute atomic E-state index is 0.351. The molecule has 1 aromatic carbocycles. The van der Waals surface area contributed by atoms with Crippen LogP contribution in [0, 0.1) is 5.92 Å². The van der Waals surface area contributed by atoms with Crippen molar-refractivity contribution in [1.82, 2.24) is 0 Å². The van der Waals surface area contributed by atoms with Crippen LogP contribution in [-0.4, -0.2) is 18.2 Å². The number of aromatic hydroxyl groups is 1. The van der Waals surface area contributed by atoms with E-state index in [-0.39, 0.29) is 0 Å². The minimum atomic E-state index is 0.351. The highest BCUT2D eigenvalue weighted by Gasteiger charge is 2.15. The molecule has 0 aromatic heterocycles. The fraction of sp³-hybridized carbons (Fsp3) is 0.500. The maximum atomic E-state index is 9.44. The van der Waals surface area contributed by atoms with Crippen LogP contribution in [0.1, 0.15) is 18.4 Å². The molecule has 1 unspecified atom stereocenters. The van der Waals surface area contributed by atoms with Gasteiger partial charge in [0.15, 0.2) is 0 Å². The number of phenols is 1. The molecule has 3 nitrogen and oxygen atoms in total. The number of nitrogens with one attached hydrogen (secondary N) is 1. The summed E-state index contributed by atoms with van der Waals surface area (Å²) in [5, 5.41) is 12.8. The first-order valence-corrected chi connectivity index (χ1v) is 5.55. The summed E-state index contributed by atoms with van der Waals surface area (Å²) in [6.07, 6.45) is 3.25. The number of anilines is 1. The maximum Gasteiger partial charge on any atom is 0.116 e. The van der Waals surface area contributed by atoms with Crippen molar-refractivity contribution in [2.24, 2.45) is 11.7 Å². The van der Waals surface area contributed by atoms with Crippen LogP contribution in [0.3, 0.4) is 0 Å². The lowest BCUT2D eigenvalue weighted by atomic mass is 9.94. The molecule has 1 aliphatic heterocycles. The Hall–Kier alpha value is -1.22. The Bertz CT molecular complexity index is 338. The largest absolute Gasteiger partial charge is 0.508 e. The van der Waals surface area contributed by atoms with Gasteiger partial charge >= 0.3 is 0 Å². The molecule has 0 fully saturated rings. The predicted molar refractivity (Wildman–Crippen MR) is 62.1 cm³/mol. The molecule has 82 valence electrons. The summed E-state index contributed by atoms with van der Waals surface area (Å²) >= 11 is 0. The second-order valence-corrected chi connectivity index (χ2v) is 4.20. The van der Waals surface area contributed by atoms with E-state index in [1.807, 2.05) is 12.1 Å². The van der Waals surface area contributed by atoms with Crippen molar-refractivity contribution < 1.29 is 5.11 Å². The first kappa shape index (κ1) is 10.3. The van der Waals surface area contributed by atoms with Crippen LogP contribution < -0.4 is 11.1 Å². The van der Waals surface area contributed by atoms with E-state index >= 15 is 0 Å². The molecule has 1 aromatic rings. The van der Waals surface area contributed by atoms with Crippen molar-refractivity contribution in [2.45, 2.75) is 19.3 Å². The monoisotopic (exact) mass is 206 g/mol. The summed E-state index contributed by atoms with van der Waals surface area (Å²) in [4.78, 5) is 0. The van der Waals surface area contributed by atoms with Gasteiger partial charge in [-0.05, 0) is 55.5 Å². The summed E-state index contributed by atoms with van der Waals surface area (Å²) in [7, 11) is 0. The van der Waals surface area contributed by atoms with E-state index in [0.717, 1.165) is 38.0 Å². The quantitative estimate of drug-likeness (QED) is 0.646. The molecule has 15 heavy (non-hydrogen) atoms. The van der Waals surface area contributed by atoms with Gasteiger partial charge in [0, 0.05) is 12.2 Å². The van der Waals surface area contributed by atoms with Crippen molar-refractivity contribution >= 4 is 5.69 Å². The molecule has 1 atom stereocenters. The number of benzene rings is 1. The van der Waals surface area contributed by atoms with Gasteiger partial charge in [-0.2, -0.15) is 0 Å². The van der Waals surface area contributed by atoms with Gasteiger partial charge in [-0.15, -0.1) is 0 Å². The van der Waals surface area contributed by atoms with Crippen molar-refractivity contribution in [2.75, 3.05) is 18.4 Å². The molecule has 0 radical (unpaired) electrons. The van der Waals surface area contributed by atoms with Crippen LogP contribution in [-0.2, 0) is 6.42 Å². The average molecular weight is 206 g/mol. The van der Waals surface area contributed by atoms with Crippen molar-refractivity contribution in [1.29, 1.82) is 0 Å². The summed E-state index contributed by atoms with van der Waals surface area (Å²) < 4.78 is 0. The zero-order valence-corrected chi connectivity index (χ0v) is 8.87. The molecule has 3 heteroatoms. The number of nitrogens with two attached hydrogens (primary N) is 1. The van der Waals surface area contributed by atoms with Gasteiger partial charge in [0.05, 0.1) is 0 Å². The van der Waals surface area contributed by atoms with Gasteiger partial charge < -0.3 is 16.2 Å². The second kappa shape index (κ2) is 4.53. The van der Waals surface area contributed by atoms with E-state index in [4.69, 9.17) is 5.73 Å². The van der Waals surface area contributed by atoms with Crippen molar-refractivity contribution in [3.8, 4) is 5.75 Å². The van der Waals surface area contributed by atoms with E-state index in [9.17, 15) is 5.11 Å². The normalized spacial score (nSPS) is 20.2. The highest BCUT2D eigenvalue weighted by atomic mass is 16.3. The fourth-order valence-electron chi connectivity index (χ4n) is 2.23. The molecule has 0 spiro atoms. The Labute approximate surface area is 90.3 Å². The summed E-state index contributed by atoms with van der Waals surface area (Å²) in [6, 6.07) is 5.54. The third-order valence-corrected chi connectivity index (χ3v) is 3.04. The minimum Gasteiger partial charge on any atom is -0.508 e. The van der Waals surface area contributed by atoms with Crippen LogP contribution in [0.2, 0.25) is 0 Å². The lowest BCUT2D eigenvalue weighted by molar-refractivity contribution is 0.464. The van der Waals surface area contributed by atoms with E-state index in [1.165, 1.54) is 5.56 Å². The van der Waals surface area contributed by atoms with Gasteiger partial charge in [-0.1, -0.05) is 0 Å². The number of fused-ring (bicyclic) bond motifs is 1. The van der Waals surface area contributed by atoms with E-state index in [0.29, 0.717) is 11.7 Å². The SMILES string of the molecule is NCCC1CCNc2ccc(O)cc2C1. The lowest BCUT2D eigenvalue weighted by Gasteiger charge is -2.12. The third-order valence-electron chi connectivity index (χ3n) is 3.04. The fourth-order valence-corrected chi connectivity index (χ4v) is 2.23. The Morgan fingerprint density at radius 1 is 1.47 bits per heavy atom. The standard InChI is InChI=1S/C12H18N2O/c13-5-3-9-4-6-14-12-2-1-11(15)8-10(12)7-9/h1-2,8-9,14-15H,3-7,13H2. The van der Waals surface area contributed by atoms with Crippen LogP contribution in [0.25, 0.3) is 0 Å². The van der Waals surface area contributed by atoms with Crippen molar-refractivity contribution in [3.05, 3.63) is 23.8 Å². The summed E-state index contributed by atoms with van der Waals surface area (Å²) in [5.74, 6) is 0.995. The predicted octanol–water partition coefficient (Wildman–Crippen LogP) is 1.72. The number of hydrogen-bond donors (Lipinski definition) is 3. The van der Waals surface area contributed by atoms with Crippen LogP contribution in [0.4, 0.5) is 5.69 Å². The average Bonchev–Trinajstić information content (AvgIpc) is 2.39. The Morgan fingerprint density at radius 3 is 3.13 bits per heavy atom. The van der Waals surface area contributed by atoms with E-state index in [2.05, 4.69) is 5.32 Å². The number of rotatable bonds is 2. The maximum absolute atomic E-state index is 9.44. The summed E-state index contributed by atoms with van der Waals surface area (Å²) in [6.45, 7) is 1.75. The topological polar surface area (TPSA) is 58.3 Å². The van der Waals surface area contributed by atoms with Gasteiger partial charge in [0.25, 0.3) is 0 Å². The molecular formula is C12H18N2O. The Balaban J connectivity index is 2.19. The zero-order valence-electron chi connectivity index (χ0n) is 8.87. The molecule has 0 aliphatic carbocycles. The molecule has 0 amide bonds. The first-order valence-electron chi connectivity index (χ1n) is 5.55. The van der Waals surface area contributed by atoms with E-state index in [1.54, 1.807) is 6.07 Å². The van der Waals surface area contributed by atoms with Crippen LogP contribution >= 0.6 is 0 Å². The smallest absolute Gasteiger partial charge is 0.116 e. The van der Waals surface area contributed by atoms with E-state index < -0.39 is 0 Å². The zero-order chi connectivity index (χ0) is 10.7. The van der Waals surface area contributed by atoms with Crippen molar-refractivity contribution in [3.63, 3.8) is 0 Å². The van der Waals surface area contributed by atoms with Crippen LogP contribution in [0.15, 0.2) is 18.2 Å². The van der Waals surface area contributed by atoms with Gasteiger partial charge in [0.1, 0.15) is 5.75 Å². The highest BCUT2D eigenvalue weighted by molar-refractivity contribution is 5.54. The van der Waals surface area contributed by atoms with Gasteiger partial charge in [0.2, 0.25) is 0 Å². The molecular weight excluding hydrogens is 188 g/mol. The molecule has 1 heterocycles. The number of phenolic OH excluding ortho intramolecular Hbond substituents is 1.